The van der Waals surface area contributed by atoms with Crippen LogP contribution < -0.4 is 5.32 Å². The third kappa shape index (κ3) is 28.8. The van der Waals surface area contributed by atoms with Gasteiger partial charge in [0.2, 0.25) is 5.91 Å². The van der Waals surface area contributed by atoms with E-state index in [1.807, 2.05) is 6.08 Å². The van der Waals surface area contributed by atoms with E-state index in [0.29, 0.717) is 12.8 Å². The van der Waals surface area contributed by atoms with Gasteiger partial charge in [-0.15, -0.1) is 0 Å². The molecule has 1 saturated heterocycles. The maximum Gasteiger partial charge on any atom is 0.397 e. The molecule has 1 fully saturated rings. The molecule has 1 aliphatic rings. The van der Waals surface area contributed by atoms with Gasteiger partial charge in [0.15, 0.2) is 6.29 Å². The molecule has 1 amide bonds. The van der Waals surface area contributed by atoms with Crippen LogP contribution >= 0.6 is 0 Å². The number of carbonyl (C=O) groups excluding carboxylic acids is 1. The number of allylic oxidation sites excluding steroid dienone is 5. The number of ether oxygens (including phenoxy) is 2. The van der Waals surface area contributed by atoms with Gasteiger partial charge in [0.25, 0.3) is 0 Å². The monoisotopic (exact) mass is 876 g/mol. The summed E-state index contributed by atoms with van der Waals surface area (Å²) in [6.45, 7) is 3.17. The molecule has 7 N–H and O–H groups in total. The van der Waals surface area contributed by atoms with Gasteiger partial charge in [-0.2, -0.15) is 8.42 Å². The van der Waals surface area contributed by atoms with Gasteiger partial charge < -0.3 is 40.3 Å². The largest absolute Gasteiger partial charge is 0.397 e. The molecule has 0 aliphatic carbocycles. The van der Waals surface area contributed by atoms with Crippen LogP contribution in [0.15, 0.2) is 36.5 Å². The van der Waals surface area contributed by atoms with Crippen molar-refractivity contribution in [3.63, 3.8) is 0 Å². The number of rotatable bonds is 39. The van der Waals surface area contributed by atoms with Gasteiger partial charge in [0.1, 0.15) is 30.5 Å². The van der Waals surface area contributed by atoms with Crippen LogP contribution in [0.4, 0.5) is 0 Å². The normalized spacial score (nSPS) is 21.6. The smallest absolute Gasteiger partial charge is 0.394 e. The first-order chi connectivity index (χ1) is 28.9. The molecule has 0 spiro atoms. The Kier molecular flexibility index (Phi) is 34.5. The molecule has 1 aliphatic heterocycles. The van der Waals surface area contributed by atoms with E-state index in [0.717, 1.165) is 57.8 Å². The quantitative estimate of drug-likeness (QED) is 0.0135. The molecule has 8 unspecified atom stereocenters. The summed E-state index contributed by atoms with van der Waals surface area (Å²) in [6, 6.07) is -1.13. The summed E-state index contributed by atoms with van der Waals surface area (Å²) in [5.41, 5.74) is 0. The summed E-state index contributed by atoms with van der Waals surface area (Å²) in [6.07, 6.45) is 30.8. The van der Waals surface area contributed by atoms with Crippen molar-refractivity contribution in [3.05, 3.63) is 36.5 Å². The van der Waals surface area contributed by atoms with Gasteiger partial charge in [-0.3, -0.25) is 9.35 Å². The Morgan fingerprint density at radius 2 is 1.13 bits per heavy atom. The lowest BCUT2D eigenvalue weighted by Crippen LogP contribution is -2.61. The highest BCUT2D eigenvalue weighted by Crippen LogP contribution is 2.26. The third-order valence-electron chi connectivity index (χ3n) is 11.1. The van der Waals surface area contributed by atoms with E-state index >= 15 is 0 Å². The summed E-state index contributed by atoms with van der Waals surface area (Å²) in [5.74, 6) is -0.715. The summed E-state index contributed by atoms with van der Waals surface area (Å²) in [4.78, 5) is 13.1. The van der Waals surface area contributed by atoms with E-state index in [1.54, 1.807) is 0 Å². The Balaban J connectivity index is 2.60. The number of amides is 1. The highest BCUT2D eigenvalue weighted by atomic mass is 32.3. The molecule has 0 aromatic rings. The van der Waals surface area contributed by atoms with E-state index in [-0.39, 0.29) is 6.42 Å². The standard InChI is InChI=1S/C46H85NO12S/c1-3-5-7-9-11-13-15-17-19-20-21-23-24-26-28-30-32-34-39(49)38(37-57-46-43(52)44(59-60(54,55)56)42(51)41(36-48)58-46)47-45(53)40(50)35-33-31-29-27-25-22-18-16-14-12-10-8-6-4-2/h12,14,16,18,32,34,38-44,46,48-52H,3-11,13,15,17,19-31,33,35-37H2,1-2H3,(H,47,53)(H,54,55,56)/b14-12-,18-16-,34-32+. The maximum atomic E-state index is 13.1. The lowest BCUT2D eigenvalue weighted by atomic mass is 9.99. The molecule has 1 heterocycles. The fraction of sp³-hybridized carbons (Fsp3) is 0.848. The van der Waals surface area contributed by atoms with Crippen molar-refractivity contribution < 1.29 is 57.0 Å². The van der Waals surface area contributed by atoms with Crippen LogP contribution in [0.5, 0.6) is 0 Å². The molecule has 0 bridgehead atoms. The van der Waals surface area contributed by atoms with E-state index in [1.165, 1.54) is 102 Å². The van der Waals surface area contributed by atoms with Crippen molar-refractivity contribution in [2.75, 3.05) is 13.2 Å². The predicted octanol–water partition coefficient (Wildman–Crippen LogP) is 8.08. The Bertz CT molecular complexity index is 1230. The fourth-order valence-electron chi connectivity index (χ4n) is 7.27. The first-order valence-electron chi connectivity index (χ1n) is 23.5. The fourth-order valence-corrected chi connectivity index (χ4v) is 7.78. The molecule has 352 valence electrons. The molecule has 1 rings (SSSR count). The summed E-state index contributed by atoms with van der Waals surface area (Å²) in [7, 11) is -5.12. The zero-order chi connectivity index (χ0) is 44.3. The van der Waals surface area contributed by atoms with Crippen molar-refractivity contribution in [1.29, 1.82) is 0 Å². The second-order valence-electron chi connectivity index (χ2n) is 16.5. The minimum Gasteiger partial charge on any atom is -0.394 e. The van der Waals surface area contributed by atoms with Gasteiger partial charge in [0.05, 0.1) is 25.4 Å². The molecule has 14 heteroatoms. The van der Waals surface area contributed by atoms with Crippen LogP contribution in [0.2, 0.25) is 0 Å². The highest BCUT2D eigenvalue weighted by molar-refractivity contribution is 7.80. The first-order valence-corrected chi connectivity index (χ1v) is 24.9. The Labute approximate surface area is 363 Å². The van der Waals surface area contributed by atoms with Gasteiger partial charge in [-0.05, 0) is 44.9 Å². The number of hydrogen-bond donors (Lipinski definition) is 7. The van der Waals surface area contributed by atoms with E-state index in [4.69, 9.17) is 9.47 Å². The van der Waals surface area contributed by atoms with Gasteiger partial charge >= 0.3 is 10.4 Å². The average molecular weight is 876 g/mol. The molecule has 0 radical (unpaired) electrons. The molecule has 13 nitrogen and oxygen atoms in total. The summed E-state index contributed by atoms with van der Waals surface area (Å²) in [5, 5.41) is 55.2. The van der Waals surface area contributed by atoms with Crippen LogP contribution in [0.1, 0.15) is 187 Å². The number of aliphatic hydroxyl groups excluding tert-OH is 5. The Morgan fingerprint density at radius 3 is 1.63 bits per heavy atom. The summed E-state index contributed by atoms with van der Waals surface area (Å²) < 4.78 is 47.5. The Hall–Kier alpha value is -1.72. The lowest BCUT2D eigenvalue weighted by molar-refractivity contribution is -0.298. The number of unbranched alkanes of at least 4 members (excludes halogenated alkanes) is 23. The summed E-state index contributed by atoms with van der Waals surface area (Å²) >= 11 is 0. The molecule has 0 saturated carbocycles. The first kappa shape index (κ1) is 56.3. The molecular weight excluding hydrogens is 791 g/mol. The number of nitrogens with one attached hydrogen (secondary N) is 1. The number of aliphatic hydroxyl groups is 5. The van der Waals surface area contributed by atoms with Gasteiger partial charge in [-0.1, -0.05) is 179 Å². The zero-order valence-corrected chi connectivity index (χ0v) is 37.9. The molecule has 0 aromatic carbocycles. The van der Waals surface area contributed by atoms with Crippen LogP contribution in [-0.2, 0) is 28.9 Å². The minimum absolute atomic E-state index is 0.225. The minimum atomic E-state index is -5.12. The van der Waals surface area contributed by atoms with Crippen LogP contribution in [0.3, 0.4) is 0 Å². The molecule has 60 heavy (non-hydrogen) atoms. The van der Waals surface area contributed by atoms with Crippen molar-refractivity contribution in [2.24, 2.45) is 0 Å². The van der Waals surface area contributed by atoms with Crippen LogP contribution in [0, 0.1) is 0 Å². The SMILES string of the molecule is CCCCC/C=C\C=C/CCCCCCCC(O)C(=O)NC(COC1OC(CO)C(O)C(OS(=O)(=O)O)C1O)C(O)/C=C/CCCCCCCCCCCCCCCCC. The average Bonchev–Trinajstić information content (AvgIpc) is 3.22. The number of carbonyl (C=O) groups is 1. The van der Waals surface area contributed by atoms with Crippen molar-refractivity contribution in [2.45, 2.75) is 236 Å². The molecule has 8 atom stereocenters. The second kappa shape index (κ2) is 36.7. The topological polar surface area (TPSA) is 212 Å². The van der Waals surface area contributed by atoms with Crippen molar-refractivity contribution in [1.82, 2.24) is 5.32 Å². The Morgan fingerprint density at radius 1 is 0.683 bits per heavy atom. The van der Waals surface area contributed by atoms with Crippen molar-refractivity contribution >= 4 is 16.3 Å². The van der Waals surface area contributed by atoms with Crippen LogP contribution in [-0.4, -0.2) is 107 Å². The van der Waals surface area contributed by atoms with Crippen LogP contribution in [0.25, 0.3) is 0 Å². The van der Waals surface area contributed by atoms with Crippen molar-refractivity contribution in [3.8, 4) is 0 Å². The molecule has 0 aromatic heterocycles. The molecular formula is C46H85NO12S. The second-order valence-corrected chi connectivity index (χ2v) is 17.6. The van der Waals surface area contributed by atoms with E-state index < -0.39 is 78.5 Å². The van der Waals surface area contributed by atoms with E-state index in [9.17, 15) is 43.3 Å². The van der Waals surface area contributed by atoms with Gasteiger partial charge in [-0.25, -0.2) is 4.18 Å². The number of hydrogen-bond acceptors (Lipinski definition) is 11. The van der Waals surface area contributed by atoms with Gasteiger partial charge in [0, 0.05) is 0 Å². The third-order valence-corrected chi connectivity index (χ3v) is 11.5. The predicted molar refractivity (Wildman–Crippen MR) is 238 cm³/mol. The maximum absolute atomic E-state index is 13.1. The zero-order valence-electron chi connectivity index (χ0n) is 37.1. The lowest BCUT2D eigenvalue weighted by Gasteiger charge is -2.41. The van der Waals surface area contributed by atoms with E-state index in [2.05, 4.69) is 47.7 Å². The highest BCUT2D eigenvalue weighted by Gasteiger charge is 2.48.